The average Bonchev–Trinajstić information content (AvgIpc) is 2.53. The second-order valence-electron chi connectivity index (χ2n) is 6.37. The molecule has 0 aromatic heterocycles. The van der Waals surface area contributed by atoms with Gasteiger partial charge in [0, 0.05) is 6.42 Å². The van der Waals surface area contributed by atoms with Gasteiger partial charge in [-0.25, -0.2) is 0 Å². The van der Waals surface area contributed by atoms with Crippen molar-refractivity contribution < 1.29 is 9.90 Å². The van der Waals surface area contributed by atoms with Gasteiger partial charge in [-0.05, 0) is 19.3 Å². The van der Waals surface area contributed by atoms with Crippen LogP contribution in [0, 0.1) is 17.2 Å². The molecule has 0 spiro atoms. The Balaban J connectivity index is 3.58. The lowest BCUT2D eigenvalue weighted by Gasteiger charge is -2.16. The van der Waals surface area contributed by atoms with Gasteiger partial charge in [0.1, 0.15) is 6.29 Å². The predicted octanol–water partition coefficient (Wildman–Crippen LogP) is 5.17. The standard InChI is InChI=1S/C19H35NO2/c1-2-3-4-5-9-12-15-19(22)18(17-20)14-11-8-6-7-10-13-16-21/h16,18-19,22H,2-15H2,1H3. The van der Waals surface area contributed by atoms with Crippen molar-refractivity contribution in [3.05, 3.63) is 0 Å². The molecule has 0 radical (unpaired) electrons. The van der Waals surface area contributed by atoms with Crippen molar-refractivity contribution in [1.82, 2.24) is 0 Å². The Morgan fingerprint density at radius 2 is 1.45 bits per heavy atom. The summed E-state index contributed by atoms with van der Waals surface area (Å²) in [5.41, 5.74) is 0. The number of rotatable bonds is 16. The van der Waals surface area contributed by atoms with Crippen LogP contribution in [0.1, 0.15) is 96.8 Å². The topological polar surface area (TPSA) is 61.1 Å². The first kappa shape index (κ1) is 21.1. The molecule has 128 valence electrons. The van der Waals surface area contributed by atoms with E-state index >= 15 is 0 Å². The number of nitriles is 1. The third-order valence-electron chi connectivity index (χ3n) is 4.32. The van der Waals surface area contributed by atoms with Gasteiger partial charge in [-0.1, -0.05) is 71.1 Å². The van der Waals surface area contributed by atoms with Crippen LogP contribution in [-0.2, 0) is 4.79 Å². The monoisotopic (exact) mass is 309 g/mol. The van der Waals surface area contributed by atoms with Gasteiger partial charge >= 0.3 is 0 Å². The van der Waals surface area contributed by atoms with E-state index in [0.29, 0.717) is 6.42 Å². The van der Waals surface area contributed by atoms with Gasteiger partial charge in [-0.15, -0.1) is 0 Å². The molecule has 0 amide bonds. The van der Waals surface area contributed by atoms with Crippen LogP contribution in [0.2, 0.25) is 0 Å². The molecule has 0 rings (SSSR count). The van der Waals surface area contributed by atoms with Crippen molar-refractivity contribution in [2.75, 3.05) is 0 Å². The lowest BCUT2D eigenvalue weighted by Crippen LogP contribution is -2.18. The molecule has 2 unspecified atom stereocenters. The number of nitrogens with zero attached hydrogens (tertiary/aromatic N) is 1. The number of aliphatic hydroxyl groups excluding tert-OH is 1. The highest BCUT2D eigenvalue weighted by Crippen LogP contribution is 2.19. The number of carbonyl (C=O) groups is 1. The third-order valence-corrected chi connectivity index (χ3v) is 4.32. The van der Waals surface area contributed by atoms with E-state index in [2.05, 4.69) is 13.0 Å². The second kappa shape index (κ2) is 16.5. The van der Waals surface area contributed by atoms with Crippen molar-refractivity contribution in [2.24, 2.45) is 5.92 Å². The summed E-state index contributed by atoms with van der Waals surface area (Å²) in [6.07, 6.45) is 15.4. The first-order valence-corrected chi connectivity index (χ1v) is 9.27. The zero-order valence-corrected chi connectivity index (χ0v) is 14.4. The number of hydrogen-bond acceptors (Lipinski definition) is 3. The Morgan fingerprint density at radius 1 is 0.909 bits per heavy atom. The zero-order valence-electron chi connectivity index (χ0n) is 14.4. The van der Waals surface area contributed by atoms with Gasteiger partial charge in [0.05, 0.1) is 18.1 Å². The predicted molar refractivity (Wildman–Crippen MR) is 91.5 cm³/mol. The molecule has 0 bridgehead atoms. The number of carbonyl (C=O) groups excluding carboxylic acids is 1. The van der Waals surface area contributed by atoms with Gasteiger partial charge in [0.15, 0.2) is 0 Å². The van der Waals surface area contributed by atoms with E-state index in [9.17, 15) is 15.2 Å². The van der Waals surface area contributed by atoms with Crippen LogP contribution in [-0.4, -0.2) is 17.5 Å². The van der Waals surface area contributed by atoms with Crippen molar-refractivity contribution in [2.45, 2.75) is 103 Å². The smallest absolute Gasteiger partial charge is 0.119 e. The van der Waals surface area contributed by atoms with E-state index in [1.54, 1.807) is 0 Å². The highest BCUT2D eigenvalue weighted by Gasteiger charge is 2.17. The number of aldehydes is 1. The Kier molecular flexibility index (Phi) is 15.8. The number of aliphatic hydroxyl groups is 1. The summed E-state index contributed by atoms with van der Waals surface area (Å²) in [4.78, 5) is 10.2. The Hall–Kier alpha value is -0.880. The zero-order chi connectivity index (χ0) is 16.5. The summed E-state index contributed by atoms with van der Waals surface area (Å²) in [5, 5.41) is 19.3. The van der Waals surface area contributed by atoms with Gasteiger partial charge in [-0.3, -0.25) is 0 Å². The molecule has 0 aliphatic heterocycles. The largest absolute Gasteiger partial charge is 0.392 e. The van der Waals surface area contributed by atoms with Crippen LogP contribution in [0.5, 0.6) is 0 Å². The van der Waals surface area contributed by atoms with E-state index in [1.807, 2.05) is 0 Å². The lowest BCUT2D eigenvalue weighted by atomic mass is 9.92. The average molecular weight is 309 g/mol. The lowest BCUT2D eigenvalue weighted by molar-refractivity contribution is -0.107. The van der Waals surface area contributed by atoms with Gasteiger partial charge in [-0.2, -0.15) is 5.26 Å². The fourth-order valence-corrected chi connectivity index (χ4v) is 2.80. The Labute approximate surface area is 137 Å². The van der Waals surface area contributed by atoms with Crippen molar-refractivity contribution >= 4 is 6.29 Å². The normalized spacial score (nSPS) is 13.5. The molecule has 22 heavy (non-hydrogen) atoms. The second-order valence-corrected chi connectivity index (χ2v) is 6.37. The molecule has 0 aliphatic rings. The number of unbranched alkanes of at least 4 members (excludes halogenated alkanes) is 10. The van der Waals surface area contributed by atoms with Crippen LogP contribution in [0.4, 0.5) is 0 Å². The molecule has 3 nitrogen and oxygen atoms in total. The Bertz CT molecular complexity index is 286. The SMILES string of the molecule is CCCCCCCCC(O)C(C#N)CCCCCCCC=O. The van der Waals surface area contributed by atoms with E-state index in [4.69, 9.17) is 0 Å². The van der Waals surface area contributed by atoms with E-state index in [0.717, 1.165) is 57.7 Å². The first-order valence-electron chi connectivity index (χ1n) is 9.27. The fourth-order valence-electron chi connectivity index (χ4n) is 2.80. The van der Waals surface area contributed by atoms with Crippen LogP contribution in [0.25, 0.3) is 0 Å². The molecular weight excluding hydrogens is 274 g/mol. The molecule has 0 aromatic rings. The molecule has 0 saturated heterocycles. The molecule has 0 aromatic carbocycles. The maximum atomic E-state index is 10.2. The fraction of sp³-hybridized carbons (Fsp3) is 0.895. The van der Waals surface area contributed by atoms with Crippen LogP contribution in [0.3, 0.4) is 0 Å². The van der Waals surface area contributed by atoms with Gasteiger partial charge < -0.3 is 9.90 Å². The number of hydrogen-bond donors (Lipinski definition) is 1. The highest BCUT2D eigenvalue weighted by molar-refractivity contribution is 5.48. The first-order chi connectivity index (χ1) is 10.8. The van der Waals surface area contributed by atoms with E-state index in [1.165, 1.54) is 32.1 Å². The summed E-state index contributed by atoms with van der Waals surface area (Å²) in [7, 11) is 0. The van der Waals surface area contributed by atoms with Crippen molar-refractivity contribution in [3.63, 3.8) is 0 Å². The molecule has 1 N–H and O–H groups in total. The van der Waals surface area contributed by atoms with Crippen LogP contribution in [0.15, 0.2) is 0 Å². The minimum atomic E-state index is -0.453. The molecule has 0 aliphatic carbocycles. The van der Waals surface area contributed by atoms with E-state index in [-0.39, 0.29) is 5.92 Å². The molecular formula is C19H35NO2. The van der Waals surface area contributed by atoms with Crippen molar-refractivity contribution in [1.29, 1.82) is 5.26 Å². The van der Waals surface area contributed by atoms with Crippen LogP contribution >= 0.6 is 0 Å². The highest BCUT2D eigenvalue weighted by atomic mass is 16.3. The van der Waals surface area contributed by atoms with Crippen LogP contribution < -0.4 is 0 Å². The Morgan fingerprint density at radius 3 is 2.05 bits per heavy atom. The quantitative estimate of drug-likeness (QED) is 0.316. The van der Waals surface area contributed by atoms with Crippen molar-refractivity contribution in [3.8, 4) is 6.07 Å². The summed E-state index contributed by atoms with van der Waals surface area (Å²) in [6, 6.07) is 2.28. The summed E-state index contributed by atoms with van der Waals surface area (Å²) in [5.74, 6) is -0.203. The summed E-state index contributed by atoms with van der Waals surface area (Å²) in [6.45, 7) is 2.21. The summed E-state index contributed by atoms with van der Waals surface area (Å²) < 4.78 is 0. The maximum absolute atomic E-state index is 10.2. The minimum absolute atomic E-state index is 0.203. The summed E-state index contributed by atoms with van der Waals surface area (Å²) >= 11 is 0. The van der Waals surface area contributed by atoms with Gasteiger partial charge in [0.25, 0.3) is 0 Å². The molecule has 0 saturated carbocycles. The molecule has 0 fully saturated rings. The van der Waals surface area contributed by atoms with Gasteiger partial charge in [0.2, 0.25) is 0 Å². The maximum Gasteiger partial charge on any atom is 0.119 e. The van der Waals surface area contributed by atoms with E-state index < -0.39 is 6.10 Å². The minimum Gasteiger partial charge on any atom is -0.392 e. The third kappa shape index (κ3) is 12.8. The molecule has 0 heterocycles. The molecule has 2 atom stereocenters. The molecule has 3 heteroatoms.